The number of nitrogens with zero attached hydrogens (tertiary/aromatic N) is 4. The van der Waals surface area contributed by atoms with Crippen LogP contribution in [0.2, 0.25) is 0 Å². The van der Waals surface area contributed by atoms with E-state index in [0.717, 1.165) is 68.5 Å². The quantitative estimate of drug-likeness (QED) is 0.151. The molecule has 0 radical (unpaired) electrons. The van der Waals surface area contributed by atoms with Gasteiger partial charge in [-0.1, -0.05) is 62.5 Å². The Bertz CT molecular complexity index is 1400. The zero-order chi connectivity index (χ0) is 29.3. The van der Waals surface area contributed by atoms with E-state index in [1.807, 2.05) is 60.7 Å². The van der Waals surface area contributed by atoms with E-state index < -0.39 is 0 Å². The van der Waals surface area contributed by atoms with E-state index in [1.54, 1.807) is 0 Å². The predicted octanol–water partition coefficient (Wildman–Crippen LogP) is 7.72. The topological polar surface area (TPSA) is 85.7 Å². The van der Waals surface area contributed by atoms with E-state index in [2.05, 4.69) is 64.4 Å². The van der Waals surface area contributed by atoms with Gasteiger partial charge in [-0.2, -0.15) is 20.4 Å². The summed E-state index contributed by atoms with van der Waals surface area (Å²) >= 11 is 6.92. The second-order valence-corrected chi connectivity index (χ2v) is 13.0. The van der Waals surface area contributed by atoms with Gasteiger partial charge in [0.1, 0.15) is 11.6 Å². The van der Waals surface area contributed by atoms with Crippen molar-refractivity contribution < 1.29 is 9.59 Å². The molecule has 0 bridgehead atoms. The summed E-state index contributed by atoms with van der Waals surface area (Å²) in [7, 11) is 0. The minimum absolute atomic E-state index is 0.202. The second-order valence-electron chi connectivity index (χ2n) is 11.2. The number of aromatic nitrogens is 4. The molecule has 2 unspecified atom stereocenters. The van der Waals surface area contributed by atoms with Crippen LogP contribution in [0.15, 0.2) is 81.7 Å². The highest BCUT2D eigenvalue weighted by molar-refractivity contribution is 9.10. The van der Waals surface area contributed by atoms with Gasteiger partial charge >= 0.3 is 0 Å². The van der Waals surface area contributed by atoms with Gasteiger partial charge in [-0.05, 0) is 91.8 Å². The number of Topliss-reactive ketones (excluding diaryl/α,β-unsaturated/α-hetero) is 2. The molecule has 1 aliphatic rings. The highest BCUT2D eigenvalue weighted by atomic mass is 79.9. The fourth-order valence-corrected chi connectivity index (χ4v) is 6.52. The lowest BCUT2D eigenvalue weighted by Crippen LogP contribution is -2.16. The van der Waals surface area contributed by atoms with Gasteiger partial charge in [-0.15, -0.1) is 0 Å². The highest BCUT2D eigenvalue weighted by Crippen LogP contribution is 2.39. The summed E-state index contributed by atoms with van der Waals surface area (Å²) < 4.78 is 1.97. The van der Waals surface area contributed by atoms with Gasteiger partial charge in [0.05, 0.1) is 22.8 Å². The Hall–Kier alpha value is -3.10. The molecule has 0 N–H and O–H groups in total. The van der Waals surface area contributed by atoms with Crippen LogP contribution in [-0.4, -0.2) is 32.0 Å². The van der Waals surface area contributed by atoms with Crippen LogP contribution >= 0.6 is 31.9 Å². The van der Waals surface area contributed by atoms with Crippen LogP contribution in [0.4, 0.5) is 0 Å². The van der Waals surface area contributed by atoms with E-state index >= 15 is 0 Å². The van der Waals surface area contributed by atoms with Crippen LogP contribution in [0.1, 0.15) is 84.3 Å². The Morgan fingerprint density at radius 2 is 1.12 bits per heavy atom. The number of benzene rings is 2. The third-order valence-corrected chi connectivity index (χ3v) is 8.88. The van der Waals surface area contributed by atoms with Crippen LogP contribution in [0.3, 0.4) is 0 Å². The lowest BCUT2D eigenvalue weighted by atomic mass is 9.78. The van der Waals surface area contributed by atoms with Crippen molar-refractivity contribution in [2.75, 3.05) is 0 Å². The molecule has 2 heterocycles. The number of hydrogen-bond acceptors (Lipinski definition) is 6. The van der Waals surface area contributed by atoms with E-state index in [4.69, 9.17) is 0 Å². The van der Waals surface area contributed by atoms with Crippen molar-refractivity contribution in [1.29, 1.82) is 0 Å². The van der Waals surface area contributed by atoms with Crippen molar-refractivity contribution >= 4 is 43.4 Å². The SMILES string of the molecule is O=C(CCc1ccc(C2CCCC(c3ccc(CCC(=O)Cc4cccc(Br)c4)nn3)C2)nn1)Cc1cccc(Br)c1. The van der Waals surface area contributed by atoms with Crippen LogP contribution in [0.5, 0.6) is 0 Å². The Morgan fingerprint density at radius 1 is 0.643 bits per heavy atom. The number of rotatable bonds is 12. The lowest BCUT2D eigenvalue weighted by Gasteiger charge is -2.28. The molecule has 1 saturated carbocycles. The molecule has 6 nitrogen and oxygen atoms in total. The van der Waals surface area contributed by atoms with Gasteiger partial charge < -0.3 is 0 Å². The summed E-state index contributed by atoms with van der Waals surface area (Å²) in [5, 5.41) is 18.0. The van der Waals surface area contributed by atoms with E-state index in [0.29, 0.717) is 50.4 Å². The van der Waals surface area contributed by atoms with Gasteiger partial charge in [0, 0.05) is 46.5 Å². The molecule has 2 atom stereocenters. The average molecular weight is 690 g/mol. The molecule has 8 heteroatoms. The largest absolute Gasteiger partial charge is 0.299 e. The Balaban J connectivity index is 1.09. The molecule has 216 valence electrons. The van der Waals surface area contributed by atoms with Crippen molar-refractivity contribution in [3.8, 4) is 0 Å². The first-order valence-corrected chi connectivity index (χ1v) is 16.2. The molecule has 0 saturated heterocycles. The average Bonchev–Trinajstić information content (AvgIpc) is 3.00. The maximum atomic E-state index is 12.5. The third-order valence-electron chi connectivity index (χ3n) is 7.89. The van der Waals surface area contributed by atoms with Gasteiger partial charge in [0.25, 0.3) is 0 Å². The number of aryl methyl sites for hydroxylation is 2. The van der Waals surface area contributed by atoms with Gasteiger partial charge in [-0.25, -0.2) is 0 Å². The molecule has 42 heavy (non-hydrogen) atoms. The Labute approximate surface area is 264 Å². The van der Waals surface area contributed by atoms with Gasteiger partial charge in [0.15, 0.2) is 0 Å². The molecule has 2 aromatic carbocycles. The summed E-state index contributed by atoms with van der Waals surface area (Å²) in [5.74, 6) is 1.07. The summed E-state index contributed by atoms with van der Waals surface area (Å²) in [6.07, 6.45) is 7.24. The standard InChI is InChI=1S/C34H34Br2N4O2/c35-27-8-1-4-23(18-27)20-31(41)14-10-29-12-16-33(39-37-29)25-6-3-7-26(22-25)34-17-13-30(38-40-34)11-15-32(42)21-24-5-2-9-28(36)19-24/h1-2,4-5,8-9,12-13,16-19,25-26H,3,6-7,10-11,14-15,20-22H2. The molecule has 4 aromatic rings. The fourth-order valence-electron chi connectivity index (χ4n) is 5.63. The first-order valence-electron chi connectivity index (χ1n) is 14.6. The summed E-state index contributed by atoms with van der Waals surface area (Å²) in [6, 6.07) is 23.9. The summed E-state index contributed by atoms with van der Waals surface area (Å²) in [5.41, 5.74) is 5.76. The fraction of sp³-hybridized carbons (Fsp3) is 0.353. The molecular weight excluding hydrogens is 656 g/mol. The van der Waals surface area contributed by atoms with E-state index in [1.165, 1.54) is 0 Å². The zero-order valence-electron chi connectivity index (χ0n) is 23.5. The smallest absolute Gasteiger partial charge is 0.137 e. The number of halogens is 2. The van der Waals surface area contributed by atoms with Crippen LogP contribution in [-0.2, 0) is 35.3 Å². The van der Waals surface area contributed by atoms with Crippen molar-refractivity contribution in [1.82, 2.24) is 20.4 Å². The van der Waals surface area contributed by atoms with Gasteiger partial charge in [-0.3, -0.25) is 9.59 Å². The number of ketones is 2. The van der Waals surface area contributed by atoms with Crippen LogP contribution < -0.4 is 0 Å². The van der Waals surface area contributed by atoms with Crippen molar-refractivity contribution in [3.05, 3.63) is 116 Å². The van der Waals surface area contributed by atoms with Crippen molar-refractivity contribution in [3.63, 3.8) is 0 Å². The summed E-state index contributed by atoms with van der Waals surface area (Å²) in [6.45, 7) is 0. The molecule has 0 aliphatic heterocycles. The lowest BCUT2D eigenvalue weighted by molar-refractivity contribution is -0.119. The maximum Gasteiger partial charge on any atom is 0.137 e. The zero-order valence-corrected chi connectivity index (χ0v) is 26.7. The maximum absolute atomic E-state index is 12.5. The third kappa shape index (κ3) is 8.95. The molecule has 0 spiro atoms. The molecule has 1 fully saturated rings. The van der Waals surface area contributed by atoms with Crippen LogP contribution in [0, 0.1) is 0 Å². The van der Waals surface area contributed by atoms with E-state index in [-0.39, 0.29) is 11.6 Å². The number of hydrogen-bond donors (Lipinski definition) is 0. The Kier molecular flexibility index (Phi) is 10.8. The van der Waals surface area contributed by atoms with Crippen molar-refractivity contribution in [2.24, 2.45) is 0 Å². The van der Waals surface area contributed by atoms with E-state index in [9.17, 15) is 9.59 Å². The minimum Gasteiger partial charge on any atom is -0.299 e. The first-order chi connectivity index (χ1) is 20.4. The minimum atomic E-state index is 0.202. The molecule has 0 amide bonds. The number of carbonyl (C=O) groups is 2. The Morgan fingerprint density at radius 3 is 1.52 bits per heavy atom. The normalized spacial score (nSPS) is 16.7. The number of carbonyl (C=O) groups excluding carboxylic acids is 2. The second kappa shape index (κ2) is 14.9. The first kappa shape index (κ1) is 30.4. The molecule has 1 aliphatic carbocycles. The van der Waals surface area contributed by atoms with Crippen LogP contribution in [0.25, 0.3) is 0 Å². The summed E-state index contributed by atoms with van der Waals surface area (Å²) in [4.78, 5) is 24.9. The van der Waals surface area contributed by atoms with Crippen molar-refractivity contribution in [2.45, 2.75) is 76.0 Å². The highest BCUT2D eigenvalue weighted by Gasteiger charge is 2.26. The molecular formula is C34H34Br2N4O2. The predicted molar refractivity (Wildman–Crippen MR) is 170 cm³/mol. The molecule has 2 aromatic heterocycles. The molecule has 5 rings (SSSR count). The van der Waals surface area contributed by atoms with Gasteiger partial charge in [0.2, 0.25) is 0 Å². The monoisotopic (exact) mass is 688 g/mol.